The van der Waals surface area contributed by atoms with Gasteiger partial charge in [0.25, 0.3) is 0 Å². The van der Waals surface area contributed by atoms with Gasteiger partial charge in [-0.2, -0.15) is 8.78 Å². The summed E-state index contributed by atoms with van der Waals surface area (Å²) in [7, 11) is 0. The van der Waals surface area contributed by atoms with Crippen LogP contribution in [0.15, 0.2) is 24.3 Å². The minimum Gasteiger partial charge on any atom is -0.435 e. The number of hydrogen-bond acceptors (Lipinski definition) is 3. The normalized spacial score (nSPS) is 20.9. The number of alkyl halides is 2. The van der Waals surface area contributed by atoms with Gasteiger partial charge < -0.3 is 14.8 Å². The van der Waals surface area contributed by atoms with E-state index in [0.717, 1.165) is 31.6 Å². The lowest BCUT2D eigenvalue weighted by molar-refractivity contribution is -0.0499. The number of hydrogen-bond donors (Lipinski definition) is 1. The first-order chi connectivity index (χ1) is 9.65. The smallest absolute Gasteiger partial charge is 0.387 e. The highest BCUT2D eigenvalue weighted by Crippen LogP contribution is 2.21. The molecule has 0 aromatic heterocycles. The van der Waals surface area contributed by atoms with E-state index in [1.54, 1.807) is 12.1 Å². The molecule has 0 bridgehead atoms. The van der Waals surface area contributed by atoms with Crippen molar-refractivity contribution in [3.63, 3.8) is 0 Å². The second-order valence-electron chi connectivity index (χ2n) is 5.07. The van der Waals surface area contributed by atoms with Gasteiger partial charge in [0.15, 0.2) is 0 Å². The fraction of sp³-hybridized carbons (Fsp3) is 0.600. The Hall–Kier alpha value is -1.20. The Balaban J connectivity index is 1.86. The highest BCUT2D eigenvalue weighted by molar-refractivity contribution is 5.30. The molecule has 0 amide bonds. The molecule has 1 fully saturated rings. The number of nitrogens with one attached hydrogen (secondary N) is 1. The lowest BCUT2D eigenvalue weighted by Gasteiger charge is -2.25. The lowest BCUT2D eigenvalue weighted by atomic mass is 10.1. The van der Waals surface area contributed by atoms with Gasteiger partial charge in [-0.1, -0.05) is 12.1 Å². The Morgan fingerprint density at radius 1 is 1.40 bits per heavy atom. The maximum atomic E-state index is 12.2. The van der Waals surface area contributed by atoms with Crippen LogP contribution in [0.5, 0.6) is 5.75 Å². The maximum Gasteiger partial charge on any atom is 0.387 e. The summed E-state index contributed by atoms with van der Waals surface area (Å²) in [6.07, 6.45) is 3.68. The summed E-state index contributed by atoms with van der Waals surface area (Å²) < 4.78 is 34.4. The number of ether oxygens (including phenoxy) is 2. The van der Waals surface area contributed by atoms with E-state index in [-0.39, 0.29) is 17.9 Å². The van der Waals surface area contributed by atoms with Gasteiger partial charge in [0, 0.05) is 19.2 Å². The SMILES string of the molecule is CC(NCC1CCCCO1)c1cccc(OC(F)F)c1. The average molecular weight is 285 g/mol. The van der Waals surface area contributed by atoms with Crippen molar-refractivity contribution in [1.82, 2.24) is 5.32 Å². The van der Waals surface area contributed by atoms with E-state index in [1.165, 1.54) is 12.5 Å². The molecule has 112 valence electrons. The van der Waals surface area contributed by atoms with Crippen molar-refractivity contribution in [3.8, 4) is 5.75 Å². The Morgan fingerprint density at radius 3 is 2.95 bits per heavy atom. The third kappa shape index (κ3) is 4.72. The number of halogens is 2. The molecular weight excluding hydrogens is 264 g/mol. The van der Waals surface area contributed by atoms with Crippen LogP contribution in [0.3, 0.4) is 0 Å². The summed E-state index contributed by atoms with van der Waals surface area (Å²) in [6.45, 7) is 0.827. The molecule has 5 heteroatoms. The minimum atomic E-state index is -2.79. The molecular formula is C15H21F2NO2. The maximum absolute atomic E-state index is 12.2. The lowest BCUT2D eigenvalue weighted by Crippen LogP contribution is -2.33. The van der Waals surface area contributed by atoms with Crippen LogP contribution in [0.25, 0.3) is 0 Å². The second-order valence-corrected chi connectivity index (χ2v) is 5.07. The van der Waals surface area contributed by atoms with Gasteiger partial charge in [0.2, 0.25) is 0 Å². The van der Waals surface area contributed by atoms with Crippen LogP contribution >= 0.6 is 0 Å². The first kappa shape index (κ1) is 15.2. The molecule has 3 nitrogen and oxygen atoms in total. The van der Waals surface area contributed by atoms with Gasteiger partial charge in [0.05, 0.1) is 6.10 Å². The zero-order valence-corrected chi connectivity index (χ0v) is 11.6. The van der Waals surface area contributed by atoms with E-state index >= 15 is 0 Å². The van der Waals surface area contributed by atoms with Crippen LogP contribution in [-0.2, 0) is 4.74 Å². The molecule has 2 rings (SSSR count). The van der Waals surface area contributed by atoms with Crippen LogP contribution < -0.4 is 10.1 Å². The van der Waals surface area contributed by atoms with Crippen molar-refractivity contribution in [2.75, 3.05) is 13.2 Å². The average Bonchev–Trinajstić information content (AvgIpc) is 2.45. The summed E-state index contributed by atoms with van der Waals surface area (Å²) in [6, 6.07) is 6.87. The monoisotopic (exact) mass is 285 g/mol. The number of benzene rings is 1. The Bertz CT molecular complexity index is 409. The van der Waals surface area contributed by atoms with Crippen LogP contribution in [0.2, 0.25) is 0 Å². The van der Waals surface area contributed by atoms with E-state index in [1.807, 2.05) is 13.0 Å². The molecule has 0 aliphatic carbocycles. The highest BCUT2D eigenvalue weighted by Gasteiger charge is 2.15. The Labute approximate surface area is 118 Å². The van der Waals surface area contributed by atoms with E-state index in [0.29, 0.717) is 0 Å². The molecule has 1 aromatic rings. The van der Waals surface area contributed by atoms with Crippen molar-refractivity contribution >= 4 is 0 Å². The van der Waals surface area contributed by atoms with Gasteiger partial charge in [0.1, 0.15) is 5.75 Å². The molecule has 1 N–H and O–H groups in total. The van der Waals surface area contributed by atoms with Gasteiger partial charge in [-0.05, 0) is 43.9 Å². The first-order valence-corrected chi connectivity index (χ1v) is 7.05. The largest absolute Gasteiger partial charge is 0.435 e. The molecule has 2 unspecified atom stereocenters. The predicted molar refractivity (Wildman–Crippen MR) is 73.1 cm³/mol. The topological polar surface area (TPSA) is 30.5 Å². The van der Waals surface area contributed by atoms with Crippen molar-refractivity contribution in [1.29, 1.82) is 0 Å². The van der Waals surface area contributed by atoms with Crippen LogP contribution in [0, 0.1) is 0 Å². The summed E-state index contributed by atoms with van der Waals surface area (Å²) in [5.41, 5.74) is 0.930. The fourth-order valence-electron chi connectivity index (χ4n) is 2.35. The van der Waals surface area contributed by atoms with Gasteiger partial charge in [-0.3, -0.25) is 0 Å². The molecule has 1 aliphatic heterocycles. The first-order valence-electron chi connectivity index (χ1n) is 7.05. The Kier molecular flexibility index (Phi) is 5.73. The van der Waals surface area contributed by atoms with Gasteiger partial charge in [-0.25, -0.2) is 0 Å². The molecule has 0 spiro atoms. The van der Waals surface area contributed by atoms with Crippen molar-refractivity contribution in [2.45, 2.75) is 44.9 Å². The Morgan fingerprint density at radius 2 is 2.25 bits per heavy atom. The summed E-state index contributed by atoms with van der Waals surface area (Å²) in [5.74, 6) is 0.195. The van der Waals surface area contributed by atoms with Crippen molar-refractivity contribution in [3.05, 3.63) is 29.8 Å². The van der Waals surface area contributed by atoms with E-state index in [2.05, 4.69) is 10.1 Å². The third-order valence-electron chi connectivity index (χ3n) is 3.51. The zero-order chi connectivity index (χ0) is 14.4. The molecule has 0 radical (unpaired) electrons. The standard InChI is InChI=1S/C15H21F2NO2/c1-11(18-10-14-6-2-3-8-19-14)12-5-4-7-13(9-12)20-15(16)17/h4-5,7,9,11,14-15,18H,2-3,6,8,10H2,1H3. The second kappa shape index (κ2) is 7.55. The van der Waals surface area contributed by atoms with Crippen LogP contribution in [-0.4, -0.2) is 25.9 Å². The van der Waals surface area contributed by atoms with Crippen LogP contribution in [0.1, 0.15) is 37.8 Å². The summed E-state index contributed by atoms with van der Waals surface area (Å²) in [5, 5.41) is 3.38. The summed E-state index contributed by atoms with van der Waals surface area (Å²) >= 11 is 0. The molecule has 2 atom stereocenters. The van der Waals surface area contributed by atoms with E-state index in [9.17, 15) is 8.78 Å². The molecule has 0 saturated carbocycles. The molecule has 20 heavy (non-hydrogen) atoms. The summed E-state index contributed by atoms with van der Waals surface area (Å²) in [4.78, 5) is 0. The minimum absolute atomic E-state index is 0.0711. The molecule has 1 saturated heterocycles. The van der Waals surface area contributed by atoms with Crippen molar-refractivity contribution in [2.24, 2.45) is 0 Å². The third-order valence-corrected chi connectivity index (χ3v) is 3.51. The van der Waals surface area contributed by atoms with Crippen LogP contribution in [0.4, 0.5) is 8.78 Å². The fourth-order valence-corrected chi connectivity index (χ4v) is 2.35. The predicted octanol–water partition coefficient (Wildman–Crippen LogP) is 3.51. The highest BCUT2D eigenvalue weighted by atomic mass is 19.3. The van der Waals surface area contributed by atoms with E-state index < -0.39 is 6.61 Å². The molecule has 1 aliphatic rings. The molecule has 1 heterocycles. The number of rotatable bonds is 6. The van der Waals surface area contributed by atoms with Gasteiger partial charge in [-0.15, -0.1) is 0 Å². The van der Waals surface area contributed by atoms with Crippen molar-refractivity contribution < 1.29 is 18.3 Å². The van der Waals surface area contributed by atoms with E-state index in [4.69, 9.17) is 4.74 Å². The molecule has 1 aromatic carbocycles. The van der Waals surface area contributed by atoms with Gasteiger partial charge >= 0.3 is 6.61 Å². The zero-order valence-electron chi connectivity index (χ0n) is 11.6. The quantitative estimate of drug-likeness (QED) is 0.867.